The van der Waals surface area contributed by atoms with Crippen LogP contribution in [-0.2, 0) is 16.4 Å². The number of aryl methyl sites for hydroxylation is 1. The Morgan fingerprint density at radius 3 is 2.84 bits per heavy atom. The number of para-hydroxylation sites is 2. The summed E-state index contributed by atoms with van der Waals surface area (Å²) in [5.74, 6) is 0.864. The molecule has 138 valence electrons. The molecule has 0 spiro atoms. The summed E-state index contributed by atoms with van der Waals surface area (Å²) in [6.07, 6.45) is 4.61. The molecule has 0 bridgehead atoms. The smallest absolute Gasteiger partial charge is 0.191 e. The highest BCUT2D eigenvalue weighted by Crippen LogP contribution is 2.11. The zero-order chi connectivity index (χ0) is 18.3. The number of hydrogen-bond donors (Lipinski definition) is 2. The van der Waals surface area contributed by atoms with Crippen molar-refractivity contribution in [2.45, 2.75) is 32.4 Å². The Hall–Kier alpha value is -2.09. The second-order valence-electron chi connectivity index (χ2n) is 6.24. The molecule has 0 saturated heterocycles. The molecule has 0 amide bonds. The summed E-state index contributed by atoms with van der Waals surface area (Å²) in [6, 6.07) is 8.12. The monoisotopic (exact) mass is 365 g/mol. The van der Waals surface area contributed by atoms with Crippen LogP contribution in [0.1, 0.15) is 19.8 Å². The van der Waals surface area contributed by atoms with E-state index in [2.05, 4.69) is 31.2 Å². The van der Waals surface area contributed by atoms with E-state index >= 15 is 0 Å². The van der Waals surface area contributed by atoms with Gasteiger partial charge in [-0.2, -0.15) is 0 Å². The number of nitrogens with zero attached hydrogens (tertiary/aromatic N) is 3. The van der Waals surface area contributed by atoms with E-state index in [1.54, 1.807) is 7.05 Å². The summed E-state index contributed by atoms with van der Waals surface area (Å²) >= 11 is 0. The van der Waals surface area contributed by atoms with Crippen molar-refractivity contribution in [1.82, 2.24) is 20.2 Å². The van der Waals surface area contributed by atoms with Crippen LogP contribution in [0.5, 0.6) is 0 Å². The highest BCUT2D eigenvalue weighted by atomic mass is 32.2. The van der Waals surface area contributed by atoms with E-state index in [-0.39, 0.29) is 11.8 Å². The molecule has 0 radical (unpaired) electrons. The molecule has 2 N–H and O–H groups in total. The highest BCUT2D eigenvalue weighted by molar-refractivity contribution is 7.90. The lowest BCUT2D eigenvalue weighted by Crippen LogP contribution is -2.43. The van der Waals surface area contributed by atoms with Crippen molar-refractivity contribution in [3.05, 3.63) is 30.6 Å². The molecule has 2 aromatic rings. The van der Waals surface area contributed by atoms with Crippen LogP contribution in [-0.4, -0.2) is 55.6 Å². The van der Waals surface area contributed by atoms with E-state index in [4.69, 9.17) is 0 Å². The Bertz CT molecular complexity index is 813. The molecule has 1 aromatic carbocycles. The van der Waals surface area contributed by atoms with Gasteiger partial charge in [-0.05, 0) is 31.9 Å². The first-order valence-corrected chi connectivity index (χ1v) is 10.5. The molecule has 0 saturated carbocycles. The first-order chi connectivity index (χ1) is 11.9. The number of nitrogens with one attached hydrogen (secondary N) is 2. The molecule has 1 atom stereocenters. The van der Waals surface area contributed by atoms with Crippen LogP contribution in [0, 0.1) is 0 Å². The molecular formula is C17H27N5O2S. The lowest BCUT2D eigenvalue weighted by Gasteiger charge is -2.17. The number of fused-ring (bicyclic) bond motifs is 1. The lowest BCUT2D eigenvalue weighted by molar-refractivity contribution is 0.578. The summed E-state index contributed by atoms with van der Waals surface area (Å²) in [6.45, 7) is 3.59. The summed E-state index contributed by atoms with van der Waals surface area (Å²) in [5, 5.41) is 6.48. The topological polar surface area (TPSA) is 88.4 Å². The Morgan fingerprint density at radius 1 is 1.36 bits per heavy atom. The molecule has 7 nitrogen and oxygen atoms in total. The molecule has 8 heteroatoms. The second-order valence-corrected chi connectivity index (χ2v) is 8.50. The molecule has 0 aliphatic rings. The van der Waals surface area contributed by atoms with Gasteiger partial charge in [0.2, 0.25) is 0 Å². The Kier molecular flexibility index (Phi) is 6.81. The van der Waals surface area contributed by atoms with Crippen molar-refractivity contribution in [2.24, 2.45) is 4.99 Å². The Labute approximate surface area is 149 Å². The third-order valence-electron chi connectivity index (χ3n) is 3.92. The largest absolute Gasteiger partial charge is 0.356 e. The maximum absolute atomic E-state index is 11.2. The van der Waals surface area contributed by atoms with Crippen LogP contribution >= 0.6 is 0 Å². The summed E-state index contributed by atoms with van der Waals surface area (Å²) in [4.78, 5) is 8.57. The quantitative estimate of drug-likeness (QED) is 0.420. The normalized spacial score (nSPS) is 13.8. The van der Waals surface area contributed by atoms with Gasteiger partial charge in [0.15, 0.2) is 5.96 Å². The minimum absolute atomic E-state index is 0.0403. The van der Waals surface area contributed by atoms with Gasteiger partial charge in [0.1, 0.15) is 9.84 Å². The van der Waals surface area contributed by atoms with Gasteiger partial charge < -0.3 is 15.2 Å². The predicted octanol–water partition coefficient (Wildman–Crippen LogP) is 1.41. The van der Waals surface area contributed by atoms with Gasteiger partial charge >= 0.3 is 0 Å². The fourth-order valence-electron chi connectivity index (χ4n) is 2.54. The standard InChI is InChI=1S/C17H27N5O2S/c1-14(9-12-25(3,23)24)21-17(18-2)19-10-6-11-22-13-20-15-7-4-5-8-16(15)22/h4-5,7-8,13-14H,6,9-12H2,1-3H3,(H2,18,19,21). The number of imidazole rings is 1. The van der Waals surface area contributed by atoms with Crippen LogP contribution in [0.15, 0.2) is 35.6 Å². The zero-order valence-corrected chi connectivity index (χ0v) is 15.9. The maximum atomic E-state index is 11.2. The van der Waals surface area contributed by atoms with E-state index in [1.165, 1.54) is 6.26 Å². The van der Waals surface area contributed by atoms with Gasteiger partial charge in [-0.1, -0.05) is 12.1 Å². The van der Waals surface area contributed by atoms with Gasteiger partial charge in [0.05, 0.1) is 23.1 Å². The minimum atomic E-state index is -2.93. The van der Waals surface area contributed by atoms with Gasteiger partial charge in [-0.15, -0.1) is 0 Å². The summed E-state index contributed by atoms with van der Waals surface area (Å²) in [7, 11) is -1.22. The fraction of sp³-hybridized carbons (Fsp3) is 0.529. The van der Waals surface area contributed by atoms with Crippen LogP contribution in [0.2, 0.25) is 0 Å². The van der Waals surface area contributed by atoms with Gasteiger partial charge in [-0.3, -0.25) is 4.99 Å². The maximum Gasteiger partial charge on any atom is 0.191 e. The molecule has 1 aromatic heterocycles. The van der Waals surface area contributed by atoms with Crippen molar-refractivity contribution in [3.8, 4) is 0 Å². The highest BCUT2D eigenvalue weighted by Gasteiger charge is 2.09. The van der Waals surface area contributed by atoms with Crippen LogP contribution in [0.25, 0.3) is 11.0 Å². The molecule has 1 heterocycles. The number of benzene rings is 1. The van der Waals surface area contributed by atoms with E-state index in [9.17, 15) is 8.42 Å². The van der Waals surface area contributed by atoms with Crippen molar-refractivity contribution in [2.75, 3.05) is 25.6 Å². The number of aliphatic imine (C=N–C) groups is 1. The lowest BCUT2D eigenvalue weighted by atomic mass is 10.3. The Morgan fingerprint density at radius 2 is 2.12 bits per heavy atom. The van der Waals surface area contributed by atoms with Gasteiger partial charge in [0.25, 0.3) is 0 Å². The number of hydrogen-bond acceptors (Lipinski definition) is 4. The molecule has 0 fully saturated rings. The second kappa shape index (κ2) is 8.84. The molecular weight excluding hydrogens is 338 g/mol. The number of aromatic nitrogens is 2. The molecule has 1 unspecified atom stereocenters. The average Bonchev–Trinajstić information content (AvgIpc) is 2.98. The van der Waals surface area contributed by atoms with Crippen LogP contribution in [0.4, 0.5) is 0 Å². The van der Waals surface area contributed by atoms with Gasteiger partial charge in [-0.25, -0.2) is 13.4 Å². The third kappa shape index (κ3) is 6.38. The van der Waals surface area contributed by atoms with E-state index in [0.717, 1.165) is 30.5 Å². The van der Waals surface area contributed by atoms with Crippen molar-refractivity contribution in [1.29, 1.82) is 0 Å². The average molecular weight is 366 g/mol. The molecule has 2 rings (SSSR count). The van der Waals surface area contributed by atoms with Crippen molar-refractivity contribution in [3.63, 3.8) is 0 Å². The van der Waals surface area contributed by atoms with Crippen LogP contribution < -0.4 is 10.6 Å². The third-order valence-corrected chi connectivity index (χ3v) is 4.90. The number of rotatable bonds is 8. The Balaban J connectivity index is 1.74. The SMILES string of the molecule is CN=C(NCCCn1cnc2ccccc21)NC(C)CCS(C)(=O)=O. The number of sulfone groups is 1. The summed E-state index contributed by atoms with van der Waals surface area (Å²) in [5.41, 5.74) is 2.15. The predicted molar refractivity (Wildman–Crippen MR) is 103 cm³/mol. The van der Waals surface area contributed by atoms with Crippen molar-refractivity contribution < 1.29 is 8.42 Å². The van der Waals surface area contributed by atoms with Crippen molar-refractivity contribution >= 4 is 26.8 Å². The first-order valence-electron chi connectivity index (χ1n) is 8.44. The zero-order valence-electron chi connectivity index (χ0n) is 15.1. The number of guanidine groups is 1. The van der Waals surface area contributed by atoms with Crippen LogP contribution in [0.3, 0.4) is 0 Å². The van der Waals surface area contributed by atoms with E-state index < -0.39 is 9.84 Å². The molecule has 25 heavy (non-hydrogen) atoms. The first kappa shape index (κ1) is 19.2. The summed E-state index contributed by atoms with van der Waals surface area (Å²) < 4.78 is 24.6. The van der Waals surface area contributed by atoms with Gasteiger partial charge in [0, 0.05) is 32.4 Å². The van der Waals surface area contributed by atoms with E-state index in [0.29, 0.717) is 12.4 Å². The molecule has 0 aliphatic heterocycles. The fourth-order valence-corrected chi connectivity index (χ4v) is 3.32. The molecule has 0 aliphatic carbocycles. The minimum Gasteiger partial charge on any atom is -0.356 e. The van der Waals surface area contributed by atoms with E-state index in [1.807, 2.05) is 31.5 Å².